The van der Waals surface area contributed by atoms with Gasteiger partial charge in [-0.15, -0.1) is 0 Å². The maximum Gasteiger partial charge on any atom is 0.166 e. The van der Waals surface area contributed by atoms with Crippen LogP contribution in [-0.4, -0.2) is 28.6 Å². The highest BCUT2D eigenvalue weighted by Gasteiger charge is 2.53. The molecule has 4 nitrogen and oxygen atoms in total. The normalized spacial score (nSPS) is 37.3. The van der Waals surface area contributed by atoms with E-state index in [2.05, 4.69) is 30.1 Å². The Morgan fingerprint density at radius 3 is 3.00 bits per heavy atom. The lowest BCUT2D eigenvalue weighted by molar-refractivity contribution is -0.118. The second-order valence-corrected chi connectivity index (χ2v) is 8.62. The van der Waals surface area contributed by atoms with Crippen LogP contribution in [0.2, 0.25) is 0 Å². The van der Waals surface area contributed by atoms with Crippen LogP contribution in [0.25, 0.3) is 0 Å². The SMILES string of the molecule is C[C@]12C=CC3=CC4=C(CC(CO)CC4=O)O[C@H]3[C@@H]1CC[C@@H]2c1cccnc1. The number of rotatable bonds is 2. The summed E-state index contributed by atoms with van der Waals surface area (Å²) in [5, 5.41) is 9.52. The summed E-state index contributed by atoms with van der Waals surface area (Å²) in [6.07, 6.45) is 13.7. The molecule has 0 spiro atoms. The second kappa shape index (κ2) is 6.16. The summed E-state index contributed by atoms with van der Waals surface area (Å²) < 4.78 is 6.47. The zero-order valence-electron chi connectivity index (χ0n) is 15.6. The fourth-order valence-corrected chi connectivity index (χ4v) is 5.63. The largest absolute Gasteiger partial charge is 0.489 e. The molecule has 5 atom stereocenters. The van der Waals surface area contributed by atoms with E-state index in [4.69, 9.17) is 4.74 Å². The number of carbonyl (C=O) groups excluding carboxylic acids is 1. The topological polar surface area (TPSA) is 59.4 Å². The lowest BCUT2D eigenvalue weighted by atomic mass is 9.65. The van der Waals surface area contributed by atoms with Crippen molar-refractivity contribution in [2.45, 2.75) is 44.6 Å². The number of allylic oxidation sites excluding steroid dienone is 4. The average molecular weight is 363 g/mol. The monoisotopic (exact) mass is 363 g/mol. The highest BCUT2D eigenvalue weighted by Crippen LogP contribution is 2.59. The van der Waals surface area contributed by atoms with Crippen molar-refractivity contribution in [3.05, 3.63) is 65.2 Å². The fourth-order valence-electron chi connectivity index (χ4n) is 5.63. The number of Topliss-reactive ketones (excluding diaryl/α,β-unsaturated/α-hetero) is 1. The van der Waals surface area contributed by atoms with Gasteiger partial charge in [0.2, 0.25) is 0 Å². The third-order valence-corrected chi connectivity index (χ3v) is 7.12. The number of aromatic nitrogens is 1. The minimum absolute atomic E-state index is 0.00524. The zero-order valence-corrected chi connectivity index (χ0v) is 15.6. The minimum Gasteiger partial charge on any atom is -0.489 e. The highest BCUT2D eigenvalue weighted by molar-refractivity contribution is 6.00. The molecule has 2 heterocycles. The summed E-state index contributed by atoms with van der Waals surface area (Å²) in [5.74, 6) is 1.70. The van der Waals surface area contributed by atoms with Gasteiger partial charge in [-0.2, -0.15) is 0 Å². The predicted molar refractivity (Wildman–Crippen MR) is 102 cm³/mol. The summed E-state index contributed by atoms with van der Waals surface area (Å²) in [7, 11) is 0. The quantitative estimate of drug-likeness (QED) is 0.870. The summed E-state index contributed by atoms with van der Waals surface area (Å²) in [4.78, 5) is 16.8. The van der Waals surface area contributed by atoms with Crippen molar-refractivity contribution >= 4 is 5.78 Å². The number of ketones is 1. The van der Waals surface area contributed by atoms with Gasteiger partial charge in [-0.1, -0.05) is 25.1 Å². The second-order valence-electron chi connectivity index (χ2n) is 8.62. The Morgan fingerprint density at radius 1 is 1.33 bits per heavy atom. The number of ether oxygens (including phenoxy) is 1. The smallest absolute Gasteiger partial charge is 0.166 e. The van der Waals surface area contributed by atoms with Crippen LogP contribution in [0.5, 0.6) is 0 Å². The van der Waals surface area contributed by atoms with Gasteiger partial charge in [-0.25, -0.2) is 0 Å². The van der Waals surface area contributed by atoms with E-state index in [1.165, 1.54) is 5.56 Å². The number of aliphatic hydroxyl groups excluding tert-OH is 1. The molecule has 4 heteroatoms. The van der Waals surface area contributed by atoms with Gasteiger partial charge in [0.15, 0.2) is 5.78 Å². The average Bonchev–Trinajstić information content (AvgIpc) is 3.05. The Labute approximate surface area is 159 Å². The van der Waals surface area contributed by atoms with E-state index in [-0.39, 0.29) is 29.8 Å². The van der Waals surface area contributed by atoms with E-state index in [1.54, 1.807) is 0 Å². The molecule has 5 rings (SSSR count). The van der Waals surface area contributed by atoms with Crippen LogP contribution < -0.4 is 0 Å². The number of carbonyl (C=O) groups is 1. The van der Waals surface area contributed by atoms with Crippen LogP contribution in [0.15, 0.2) is 59.7 Å². The van der Waals surface area contributed by atoms with Gasteiger partial charge >= 0.3 is 0 Å². The molecule has 0 radical (unpaired) electrons. The number of aliphatic hydroxyl groups is 1. The standard InChI is InChI=1S/C23H25NO3/c1-23-7-6-15-11-17-20(26)9-14(13-25)10-21(17)27-22(15)19(23)5-4-18(23)16-3-2-8-24-12-16/h2-3,6-8,11-12,14,18-19,22,25H,4-5,9-10,13H2,1H3/t14?,18-,19+,22-,23-/m1/s1. The Hall–Kier alpha value is -2.20. The Bertz CT molecular complexity index is 869. The maximum atomic E-state index is 12.5. The van der Waals surface area contributed by atoms with E-state index < -0.39 is 0 Å². The number of hydrogen-bond acceptors (Lipinski definition) is 4. The number of hydrogen-bond donors (Lipinski definition) is 1. The van der Waals surface area contributed by atoms with Gasteiger partial charge in [0, 0.05) is 37.8 Å². The van der Waals surface area contributed by atoms with Crippen LogP contribution in [0.1, 0.15) is 44.1 Å². The predicted octanol–water partition coefficient (Wildman–Crippen LogP) is 3.70. The number of fused-ring (bicyclic) bond motifs is 3. The third kappa shape index (κ3) is 2.53. The van der Waals surface area contributed by atoms with E-state index in [0.717, 1.165) is 29.7 Å². The molecule has 1 saturated carbocycles. The Morgan fingerprint density at radius 2 is 2.22 bits per heavy atom. The van der Waals surface area contributed by atoms with Crippen LogP contribution in [0.4, 0.5) is 0 Å². The number of pyridine rings is 1. The van der Waals surface area contributed by atoms with E-state index in [0.29, 0.717) is 24.7 Å². The van der Waals surface area contributed by atoms with Crippen LogP contribution in [-0.2, 0) is 9.53 Å². The van der Waals surface area contributed by atoms with Crippen molar-refractivity contribution in [3.63, 3.8) is 0 Å². The molecule has 1 fully saturated rings. The number of nitrogens with zero attached hydrogens (tertiary/aromatic N) is 1. The van der Waals surface area contributed by atoms with Crippen molar-refractivity contribution in [2.24, 2.45) is 17.3 Å². The first-order valence-electron chi connectivity index (χ1n) is 9.95. The molecule has 0 aromatic carbocycles. The van der Waals surface area contributed by atoms with Crippen molar-refractivity contribution in [1.29, 1.82) is 0 Å². The molecule has 4 aliphatic rings. The minimum atomic E-state index is -0.0107. The zero-order chi connectivity index (χ0) is 18.6. The Kier molecular flexibility index (Phi) is 3.87. The van der Waals surface area contributed by atoms with Gasteiger partial charge in [0.05, 0.1) is 5.57 Å². The molecule has 140 valence electrons. The molecule has 1 aromatic rings. The molecule has 0 bridgehead atoms. The van der Waals surface area contributed by atoms with Gasteiger partial charge in [-0.3, -0.25) is 9.78 Å². The summed E-state index contributed by atoms with van der Waals surface area (Å²) in [6, 6.07) is 4.19. The lowest BCUT2D eigenvalue weighted by Gasteiger charge is -2.44. The molecule has 1 N–H and O–H groups in total. The molecule has 1 aliphatic heterocycles. The van der Waals surface area contributed by atoms with Gasteiger partial charge in [0.25, 0.3) is 0 Å². The maximum absolute atomic E-state index is 12.5. The molecular formula is C23H25NO3. The van der Waals surface area contributed by atoms with Crippen LogP contribution in [0.3, 0.4) is 0 Å². The van der Waals surface area contributed by atoms with E-state index in [9.17, 15) is 9.90 Å². The third-order valence-electron chi connectivity index (χ3n) is 7.12. The first kappa shape index (κ1) is 16.9. The van der Waals surface area contributed by atoms with E-state index in [1.807, 2.05) is 24.5 Å². The van der Waals surface area contributed by atoms with Crippen LogP contribution in [0, 0.1) is 17.3 Å². The molecular weight excluding hydrogens is 338 g/mol. The van der Waals surface area contributed by atoms with Crippen LogP contribution >= 0.6 is 0 Å². The lowest BCUT2D eigenvalue weighted by Crippen LogP contribution is -2.41. The molecule has 0 saturated heterocycles. The van der Waals surface area contributed by atoms with E-state index >= 15 is 0 Å². The van der Waals surface area contributed by atoms with Gasteiger partial charge in [-0.05, 0) is 53.4 Å². The molecule has 0 amide bonds. The highest BCUT2D eigenvalue weighted by atomic mass is 16.5. The summed E-state index contributed by atoms with van der Waals surface area (Å²) in [5.41, 5.74) is 3.17. The summed E-state index contributed by atoms with van der Waals surface area (Å²) in [6.45, 7) is 2.38. The van der Waals surface area contributed by atoms with Crippen molar-refractivity contribution in [2.75, 3.05) is 6.61 Å². The molecule has 3 aliphatic carbocycles. The molecule has 1 aromatic heterocycles. The first-order chi connectivity index (χ1) is 13.1. The van der Waals surface area contributed by atoms with Gasteiger partial charge in [0.1, 0.15) is 11.9 Å². The van der Waals surface area contributed by atoms with Crippen molar-refractivity contribution in [3.8, 4) is 0 Å². The molecule has 27 heavy (non-hydrogen) atoms. The van der Waals surface area contributed by atoms with Crippen molar-refractivity contribution < 1.29 is 14.6 Å². The van der Waals surface area contributed by atoms with Gasteiger partial charge < -0.3 is 9.84 Å². The summed E-state index contributed by atoms with van der Waals surface area (Å²) >= 11 is 0. The Balaban J connectivity index is 1.50. The molecule has 1 unspecified atom stereocenters. The van der Waals surface area contributed by atoms with Crippen molar-refractivity contribution in [1.82, 2.24) is 4.98 Å². The fraction of sp³-hybridized carbons (Fsp3) is 0.478. The first-order valence-corrected chi connectivity index (χ1v) is 9.95.